The van der Waals surface area contributed by atoms with Crippen LogP contribution in [0, 0.1) is 0 Å². The molecular formula is C12H19F3N2O3. The quantitative estimate of drug-likeness (QED) is 0.734. The minimum absolute atomic E-state index is 0.300. The second kappa shape index (κ2) is 5.59. The molecule has 1 saturated carbocycles. The highest BCUT2D eigenvalue weighted by Gasteiger charge is 2.58. The normalized spacial score (nSPS) is 21.9. The molecule has 0 aromatic carbocycles. The van der Waals surface area contributed by atoms with Crippen molar-refractivity contribution < 1.29 is 27.9 Å². The van der Waals surface area contributed by atoms with Gasteiger partial charge in [0.05, 0.1) is 0 Å². The second-order valence-electron chi connectivity index (χ2n) is 5.58. The van der Waals surface area contributed by atoms with E-state index in [1.54, 1.807) is 5.32 Å². The van der Waals surface area contributed by atoms with Crippen molar-refractivity contribution in [3.05, 3.63) is 0 Å². The number of nitrogens with one attached hydrogen (secondary N) is 1. The van der Waals surface area contributed by atoms with Crippen LogP contribution in [-0.4, -0.2) is 34.2 Å². The van der Waals surface area contributed by atoms with Gasteiger partial charge in [-0.2, -0.15) is 13.2 Å². The van der Waals surface area contributed by atoms with Crippen LogP contribution in [0.1, 0.15) is 45.4 Å². The lowest BCUT2D eigenvalue weighted by Crippen LogP contribution is -2.63. The summed E-state index contributed by atoms with van der Waals surface area (Å²) in [4.78, 5) is 22.5. The molecule has 4 N–H and O–H groups in total. The molecule has 20 heavy (non-hydrogen) atoms. The first-order valence-electron chi connectivity index (χ1n) is 6.40. The van der Waals surface area contributed by atoms with Crippen molar-refractivity contribution in [1.29, 1.82) is 0 Å². The number of carbonyl (C=O) groups is 2. The van der Waals surface area contributed by atoms with Crippen LogP contribution in [0.2, 0.25) is 0 Å². The topological polar surface area (TPSA) is 92.4 Å². The summed E-state index contributed by atoms with van der Waals surface area (Å²) < 4.78 is 38.3. The van der Waals surface area contributed by atoms with Gasteiger partial charge in [0.15, 0.2) is 0 Å². The maximum absolute atomic E-state index is 12.8. The van der Waals surface area contributed by atoms with E-state index in [-0.39, 0.29) is 6.42 Å². The first-order valence-corrected chi connectivity index (χ1v) is 6.40. The third-order valence-corrected chi connectivity index (χ3v) is 3.75. The monoisotopic (exact) mass is 296 g/mol. The molecule has 0 radical (unpaired) electrons. The Bertz CT molecular complexity index is 392. The molecule has 1 rings (SSSR count). The zero-order valence-electron chi connectivity index (χ0n) is 11.2. The number of carbonyl (C=O) groups excluding carboxylic acids is 1. The molecule has 1 aliphatic rings. The van der Waals surface area contributed by atoms with Gasteiger partial charge in [-0.15, -0.1) is 0 Å². The zero-order chi connectivity index (χ0) is 15.6. The molecule has 0 spiro atoms. The lowest BCUT2D eigenvalue weighted by Gasteiger charge is -2.35. The van der Waals surface area contributed by atoms with Crippen LogP contribution in [0.3, 0.4) is 0 Å². The van der Waals surface area contributed by atoms with Gasteiger partial charge in [-0.05, 0) is 19.8 Å². The molecular weight excluding hydrogens is 277 g/mol. The lowest BCUT2D eigenvalue weighted by atomic mass is 9.80. The third-order valence-electron chi connectivity index (χ3n) is 3.75. The van der Waals surface area contributed by atoms with Crippen LogP contribution in [0.25, 0.3) is 0 Å². The third kappa shape index (κ3) is 3.62. The Balaban J connectivity index is 2.75. The van der Waals surface area contributed by atoms with Crippen molar-refractivity contribution in [3.63, 3.8) is 0 Å². The Kier molecular flexibility index (Phi) is 4.68. The molecule has 0 aromatic rings. The minimum atomic E-state index is -5.08. The maximum Gasteiger partial charge on any atom is 0.422 e. The fourth-order valence-electron chi connectivity index (χ4n) is 2.32. The van der Waals surface area contributed by atoms with E-state index in [0.717, 1.165) is 19.3 Å². The summed E-state index contributed by atoms with van der Waals surface area (Å²) in [6, 6.07) is 0. The van der Waals surface area contributed by atoms with E-state index in [1.807, 2.05) is 0 Å². The predicted molar refractivity (Wildman–Crippen MR) is 64.9 cm³/mol. The predicted octanol–water partition coefficient (Wildman–Crippen LogP) is 1.56. The summed E-state index contributed by atoms with van der Waals surface area (Å²) in [5, 5.41) is 10.3. The van der Waals surface area contributed by atoms with Crippen molar-refractivity contribution in [3.8, 4) is 0 Å². The second-order valence-corrected chi connectivity index (χ2v) is 5.58. The van der Waals surface area contributed by atoms with Crippen molar-refractivity contribution in [2.45, 2.75) is 62.7 Å². The number of aliphatic carboxylic acids is 1. The average Bonchev–Trinajstić information content (AvgIpc) is 2.26. The van der Waals surface area contributed by atoms with E-state index < -0.39 is 29.1 Å². The number of hydrogen-bond donors (Lipinski definition) is 3. The molecule has 1 unspecified atom stereocenters. The fraction of sp³-hybridized carbons (Fsp3) is 0.833. The molecule has 116 valence electrons. The van der Waals surface area contributed by atoms with Crippen LogP contribution >= 0.6 is 0 Å². The molecule has 1 amide bonds. The van der Waals surface area contributed by atoms with E-state index in [1.165, 1.54) is 0 Å². The van der Waals surface area contributed by atoms with Crippen molar-refractivity contribution in [1.82, 2.24) is 5.32 Å². The number of halogens is 3. The Hall–Kier alpha value is -1.31. The molecule has 0 saturated heterocycles. The van der Waals surface area contributed by atoms with E-state index >= 15 is 0 Å². The molecule has 0 aliphatic heterocycles. The number of carboxylic acids is 1. The standard InChI is InChI=1S/C12H19F3N2O3/c1-10(9(19)20,12(13,14)15)17-8(18)7-11(16)5-3-2-4-6-11/h2-7,16H2,1H3,(H,17,18)(H,19,20). The largest absolute Gasteiger partial charge is 0.479 e. The van der Waals surface area contributed by atoms with Crippen molar-refractivity contribution >= 4 is 11.9 Å². The first kappa shape index (κ1) is 16.7. The summed E-state index contributed by atoms with van der Waals surface area (Å²) in [7, 11) is 0. The molecule has 1 atom stereocenters. The van der Waals surface area contributed by atoms with Gasteiger partial charge in [-0.25, -0.2) is 4.79 Å². The molecule has 1 aliphatic carbocycles. The molecule has 1 fully saturated rings. The molecule has 5 nitrogen and oxygen atoms in total. The van der Waals surface area contributed by atoms with Crippen LogP contribution < -0.4 is 11.1 Å². The highest BCUT2D eigenvalue weighted by Crippen LogP contribution is 2.32. The highest BCUT2D eigenvalue weighted by atomic mass is 19.4. The Morgan fingerprint density at radius 1 is 1.25 bits per heavy atom. The van der Waals surface area contributed by atoms with E-state index in [4.69, 9.17) is 10.8 Å². The first-order chi connectivity index (χ1) is 9.00. The number of alkyl halides is 3. The van der Waals surface area contributed by atoms with Gasteiger partial charge >= 0.3 is 12.1 Å². The number of rotatable bonds is 4. The number of hydrogen-bond acceptors (Lipinski definition) is 3. The van der Waals surface area contributed by atoms with Gasteiger partial charge in [0.25, 0.3) is 0 Å². The Morgan fingerprint density at radius 2 is 1.75 bits per heavy atom. The van der Waals surface area contributed by atoms with E-state index in [2.05, 4.69) is 0 Å². The van der Waals surface area contributed by atoms with Crippen LogP contribution in [0.15, 0.2) is 0 Å². The van der Waals surface area contributed by atoms with Crippen molar-refractivity contribution in [2.75, 3.05) is 0 Å². The van der Waals surface area contributed by atoms with Crippen LogP contribution in [-0.2, 0) is 9.59 Å². The molecule has 0 heterocycles. The van der Waals surface area contributed by atoms with Gasteiger partial charge in [0.1, 0.15) is 0 Å². The number of nitrogens with two attached hydrogens (primary N) is 1. The highest BCUT2D eigenvalue weighted by molar-refractivity contribution is 5.87. The van der Waals surface area contributed by atoms with Crippen LogP contribution in [0.4, 0.5) is 13.2 Å². The molecule has 0 bridgehead atoms. The van der Waals surface area contributed by atoms with Gasteiger partial charge in [-0.1, -0.05) is 19.3 Å². The zero-order valence-corrected chi connectivity index (χ0v) is 11.2. The van der Waals surface area contributed by atoms with Crippen LogP contribution in [0.5, 0.6) is 0 Å². The SMILES string of the molecule is CC(NC(=O)CC1(N)CCCCC1)(C(=O)O)C(F)(F)F. The number of carboxylic acid groups (broad SMARTS) is 1. The minimum Gasteiger partial charge on any atom is -0.479 e. The molecule has 8 heteroatoms. The Morgan fingerprint density at radius 3 is 2.15 bits per heavy atom. The molecule has 0 aromatic heterocycles. The maximum atomic E-state index is 12.8. The smallest absolute Gasteiger partial charge is 0.422 e. The summed E-state index contributed by atoms with van der Waals surface area (Å²) in [6.45, 7) is 0.428. The van der Waals surface area contributed by atoms with Gasteiger partial charge < -0.3 is 16.2 Å². The summed E-state index contributed by atoms with van der Waals surface area (Å²) in [5.41, 5.74) is 1.84. The number of amides is 1. The van der Waals surface area contributed by atoms with E-state index in [9.17, 15) is 22.8 Å². The van der Waals surface area contributed by atoms with Gasteiger partial charge in [0, 0.05) is 12.0 Å². The lowest BCUT2D eigenvalue weighted by molar-refractivity contribution is -0.207. The average molecular weight is 296 g/mol. The van der Waals surface area contributed by atoms with E-state index in [0.29, 0.717) is 19.8 Å². The fourth-order valence-corrected chi connectivity index (χ4v) is 2.32. The van der Waals surface area contributed by atoms with Crippen molar-refractivity contribution in [2.24, 2.45) is 5.73 Å². The Labute approximate surface area is 114 Å². The van der Waals surface area contributed by atoms with Gasteiger partial charge in [-0.3, -0.25) is 4.79 Å². The summed E-state index contributed by atoms with van der Waals surface area (Å²) in [5.74, 6) is -3.13. The summed E-state index contributed by atoms with van der Waals surface area (Å²) in [6.07, 6.45) is -1.66. The van der Waals surface area contributed by atoms with Gasteiger partial charge in [0.2, 0.25) is 11.4 Å². The summed E-state index contributed by atoms with van der Waals surface area (Å²) >= 11 is 0.